The Balaban J connectivity index is 1.83. The molecule has 1 saturated heterocycles. The van der Waals surface area contributed by atoms with Gasteiger partial charge in [0.1, 0.15) is 0 Å². The summed E-state index contributed by atoms with van der Waals surface area (Å²) in [7, 11) is 0. The van der Waals surface area contributed by atoms with Gasteiger partial charge in [-0.05, 0) is 25.3 Å². The van der Waals surface area contributed by atoms with Crippen LogP contribution in [0.5, 0.6) is 0 Å². The van der Waals surface area contributed by atoms with Gasteiger partial charge in [-0.25, -0.2) is 4.79 Å². The molecule has 1 aromatic heterocycles. The molecule has 4 nitrogen and oxygen atoms in total. The molecule has 2 amide bonds. The Labute approximate surface area is 106 Å². The molecule has 0 radical (unpaired) electrons. The summed E-state index contributed by atoms with van der Waals surface area (Å²) in [5, 5.41) is 4.95. The Morgan fingerprint density at radius 3 is 3.12 bits per heavy atom. The van der Waals surface area contributed by atoms with Gasteiger partial charge in [0.05, 0.1) is 25.3 Å². The van der Waals surface area contributed by atoms with Crippen molar-refractivity contribution in [3.05, 3.63) is 22.4 Å². The van der Waals surface area contributed by atoms with E-state index in [9.17, 15) is 4.79 Å². The maximum Gasteiger partial charge on any atom is 0.317 e. The number of nitrogens with one attached hydrogen (secondary N) is 1. The molecule has 1 aromatic rings. The van der Waals surface area contributed by atoms with Crippen LogP contribution >= 0.6 is 11.3 Å². The number of rotatable bonds is 2. The molecule has 0 aromatic carbocycles. The first kappa shape index (κ1) is 12.4. The number of nitrogens with zero attached hydrogens (tertiary/aromatic N) is 1. The second-order valence-corrected chi connectivity index (χ2v) is 5.80. The van der Waals surface area contributed by atoms with Crippen molar-refractivity contribution >= 4 is 17.4 Å². The van der Waals surface area contributed by atoms with Crippen LogP contribution in [0.2, 0.25) is 0 Å². The van der Waals surface area contributed by atoms with Crippen molar-refractivity contribution in [1.29, 1.82) is 0 Å². The number of ether oxygens (including phenoxy) is 1. The van der Waals surface area contributed by atoms with E-state index in [2.05, 4.69) is 5.32 Å². The van der Waals surface area contributed by atoms with Crippen LogP contribution in [0.25, 0.3) is 0 Å². The average Bonchev–Trinajstić information content (AvgIpc) is 2.77. The lowest BCUT2D eigenvalue weighted by atomic mass is 10.1. The summed E-state index contributed by atoms with van der Waals surface area (Å²) in [5.41, 5.74) is -0.238. The minimum absolute atomic E-state index is 0.00484. The highest BCUT2D eigenvalue weighted by molar-refractivity contribution is 7.09. The Bertz CT molecular complexity index is 376. The van der Waals surface area contributed by atoms with E-state index >= 15 is 0 Å². The molecular weight excluding hydrogens is 236 g/mol. The fraction of sp³-hybridized carbons (Fsp3) is 0.583. The van der Waals surface area contributed by atoms with Gasteiger partial charge in [0.25, 0.3) is 0 Å². The molecule has 0 aliphatic carbocycles. The summed E-state index contributed by atoms with van der Waals surface area (Å²) in [6.07, 6.45) is 0. The summed E-state index contributed by atoms with van der Waals surface area (Å²) in [6.45, 7) is 6.54. The molecule has 0 spiro atoms. The zero-order valence-electron chi connectivity index (χ0n) is 10.2. The standard InChI is InChI=1S/C12H18N2O2S/c1-12(2)9-14(5-6-16-12)11(15)13-8-10-4-3-7-17-10/h3-4,7H,5-6,8-9H2,1-2H3,(H,13,15). The summed E-state index contributed by atoms with van der Waals surface area (Å²) in [6, 6.07) is 4.01. The fourth-order valence-electron chi connectivity index (χ4n) is 1.88. The predicted molar refractivity (Wildman–Crippen MR) is 68.2 cm³/mol. The Morgan fingerprint density at radius 2 is 2.47 bits per heavy atom. The van der Waals surface area contributed by atoms with Crippen molar-refractivity contribution in [1.82, 2.24) is 10.2 Å². The summed E-state index contributed by atoms with van der Waals surface area (Å²) in [5.74, 6) is 0. The molecule has 1 N–H and O–H groups in total. The molecule has 2 rings (SSSR count). The van der Waals surface area contributed by atoms with Gasteiger partial charge in [-0.15, -0.1) is 11.3 Å². The van der Waals surface area contributed by atoms with Crippen molar-refractivity contribution in [3.8, 4) is 0 Å². The minimum Gasteiger partial charge on any atom is -0.372 e. The lowest BCUT2D eigenvalue weighted by Gasteiger charge is -2.38. The van der Waals surface area contributed by atoms with Gasteiger partial charge < -0.3 is 15.0 Å². The highest BCUT2D eigenvalue weighted by Crippen LogP contribution is 2.16. The molecule has 5 heteroatoms. The van der Waals surface area contributed by atoms with Crippen molar-refractivity contribution < 1.29 is 9.53 Å². The van der Waals surface area contributed by atoms with Crippen LogP contribution in [0, 0.1) is 0 Å². The van der Waals surface area contributed by atoms with E-state index in [1.807, 2.05) is 36.3 Å². The molecule has 2 heterocycles. The number of urea groups is 1. The number of hydrogen-bond donors (Lipinski definition) is 1. The van der Waals surface area contributed by atoms with Crippen LogP contribution in [0.1, 0.15) is 18.7 Å². The number of amides is 2. The Morgan fingerprint density at radius 1 is 1.65 bits per heavy atom. The van der Waals surface area contributed by atoms with E-state index in [1.165, 1.54) is 4.88 Å². The van der Waals surface area contributed by atoms with E-state index < -0.39 is 0 Å². The second-order valence-electron chi connectivity index (χ2n) is 4.77. The molecule has 1 fully saturated rings. The van der Waals surface area contributed by atoms with Gasteiger partial charge in [0.15, 0.2) is 0 Å². The van der Waals surface area contributed by atoms with Crippen LogP contribution in [0.3, 0.4) is 0 Å². The number of hydrogen-bond acceptors (Lipinski definition) is 3. The van der Waals surface area contributed by atoms with Gasteiger partial charge in [-0.1, -0.05) is 6.07 Å². The number of thiophene rings is 1. The van der Waals surface area contributed by atoms with Crippen molar-refractivity contribution in [2.45, 2.75) is 26.0 Å². The number of carbonyl (C=O) groups excluding carboxylic acids is 1. The first-order chi connectivity index (χ1) is 8.07. The van der Waals surface area contributed by atoms with Gasteiger partial charge in [0, 0.05) is 11.4 Å². The van der Waals surface area contributed by atoms with E-state index in [0.29, 0.717) is 26.2 Å². The molecule has 0 bridgehead atoms. The zero-order valence-corrected chi connectivity index (χ0v) is 11.0. The highest BCUT2D eigenvalue weighted by atomic mass is 32.1. The topological polar surface area (TPSA) is 41.6 Å². The smallest absolute Gasteiger partial charge is 0.317 e. The Hall–Kier alpha value is -1.07. The van der Waals surface area contributed by atoms with Crippen molar-refractivity contribution in [2.75, 3.05) is 19.7 Å². The largest absolute Gasteiger partial charge is 0.372 e. The Kier molecular flexibility index (Phi) is 3.69. The third-order valence-electron chi connectivity index (χ3n) is 2.71. The van der Waals surface area contributed by atoms with Gasteiger partial charge >= 0.3 is 6.03 Å². The maximum atomic E-state index is 11.9. The fourth-order valence-corrected chi connectivity index (χ4v) is 2.52. The summed E-state index contributed by atoms with van der Waals surface area (Å²) in [4.78, 5) is 14.9. The zero-order chi connectivity index (χ0) is 12.3. The monoisotopic (exact) mass is 254 g/mol. The van der Waals surface area contributed by atoms with Gasteiger partial charge in [-0.2, -0.15) is 0 Å². The van der Waals surface area contributed by atoms with Gasteiger partial charge in [-0.3, -0.25) is 0 Å². The number of morpholine rings is 1. The minimum atomic E-state index is -0.238. The lowest BCUT2D eigenvalue weighted by molar-refractivity contribution is -0.0733. The van der Waals surface area contributed by atoms with Crippen LogP contribution < -0.4 is 5.32 Å². The molecule has 1 aliphatic heterocycles. The summed E-state index contributed by atoms with van der Waals surface area (Å²) < 4.78 is 5.58. The van der Waals surface area contributed by atoms with Crippen molar-refractivity contribution in [3.63, 3.8) is 0 Å². The maximum absolute atomic E-state index is 11.9. The molecule has 1 aliphatic rings. The molecule has 17 heavy (non-hydrogen) atoms. The van der Waals surface area contributed by atoms with E-state index in [-0.39, 0.29) is 11.6 Å². The number of carbonyl (C=O) groups is 1. The van der Waals surface area contributed by atoms with Gasteiger partial charge in [0.2, 0.25) is 0 Å². The van der Waals surface area contributed by atoms with Crippen LogP contribution in [-0.4, -0.2) is 36.2 Å². The predicted octanol–water partition coefficient (Wildman–Crippen LogP) is 2.07. The van der Waals surface area contributed by atoms with Crippen molar-refractivity contribution in [2.24, 2.45) is 0 Å². The second kappa shape index (κ2) is 5.06. The first-order valence-corrected chi connectivity index (χ1v) is 6.64. The van der Waals surface area contributed by atoms with E-state index in [0.717, 1.165) is 0 Å². The highest BCUT2D eigenvalue weighted by Gasteiger charge is 2.29. The van der Waals surface area contributed by atoms with Crippen LogP contribution in [0.4, 0.5) is 4.79 Å². The quantitative estimate of drug-likeness (QED) is 0.878. The SMILES string of the molecule is CC1(C)CN(C(=O)NCc2cccs2)CCO1. The average molecular weight is 254 g/mol. The lowest BCUT2D eigenvalue weighted by Crippen LogP contribution is -2.53. The first-order valence-electron chi connectivity index (χ1n) is 5.76. The van der Waals surface area contributed by atoms with E-state index in [4.69, 9.17) is 4.74 Å². The third-order valence-corrected chi connectivity index (χ3v) is 3.58. The molecule has 0 unspecified atom stereocenters. The normalized spacial score (nSPS) is 19.1. The molecule has 0 atom stereocenters. The van der Waals surface area contributed by atoms with Crippen LogP contribution in [0.15, 0.2) is 17.5 Å². The van der Waals surface area contributed by atoms with E-state index in [1.54, 1.807) is 11.3 Å². The molecule has 0 saturated carbocycles. The van der Waals surface area contributed by atoms with Crippen LogP contribution in [-0.2, 0) is 11.3 Å². The summed E-state index contributed by atoms with van der Waals surface area (Å²) >= 11 is 1.65. The molecule has 94 valence electrons. The molecular formula is C12H18N2O2S. The third kappa shape index (κ3) is 3.44.